The highest BCUT2D eigenvalue weighted by Crippen LogP contribution is 2.44. The predicted molar refractivity (Wildman–Crippen MR) is 120 cm³/mol. The molecule has 2 aliphatic rings. The number of aryl methyl sites for hydroxylation is 1. The van der Waals surface area contributed by atoms with Gasteiger partial charge in [0.1, 0.15) is 11.5 Å². The van der Waals surface area contributed by atoms with E-state index in [4.69, 9.17) is 4.74 Å². The third-order valence-corrected chi connectivity index (χ3v) is 6.29. The second kappa shape index (κ2) is 6.84. The molecule has 0 unspecified atom stereocenters. The number of carbonyl (C=O) groups is 1. The van der Waals surface area contributed by atoms with E-state index < -0.39 is 5.92 Å². The fourth-order valence-electron chi connectivity index (χ4n) is 4.88. The maximum absolute atomic E-state index is 13.4. The van der Waals surface area contributed by atoms with E-state index in [-0.39, 0.29) is 11.5 Å². The number of H-pyrrole nitrogens is 1. The number of para-hydroxylation sites is 2. The van der Waals surface area contributed by atoms with Crippen LogP contribution in [0.2, 0.25) is 0 Å². The second-order valence-electron chi connectivity index (χ2n) is 8.13. The van der Waals surface area contributed by atoms with Crippen molar-refractivity contribution in [2.24, 2.45) is 0 Å². The molecule has 5 heteroatoms. The number of carbonyl (C=O) groups excluding carboxylic acids is 1. The highest BCUT2D eigenvalue weighted by molar-refractivity contribution is 6.01. The first-order valence-electron chi connectivity index (χ1n) is 10.5. The van der Waals surface area contributed by atoms with Crippen molar-refractivity contribution < 1.29 is 9.53 Å². The summed E-state index contributed by atoms with van der Waals surface area (Å²) in [5.74, 6) is 0.779. The molecule has 2 N–H and O–H groups in total. The molecule has 3 aromatic carbocycles. The zero-order valence-electron chi connectivity index (χ0n) is 16.8. The summed E-state index contributed by atoms with van der Waals surface area (Å²) < 4.78 is 6.00. The maximum atomic E-state index is 13.4. The molecule has 5 nitrogen and oxygen atoms in total. The Labute approximate surface area is 178 Å². The van der Waals surface area contributed by atoms with Gasteiger partial charge in [-0.3, -0.25) is 9.59 Å². The molecular formula is C26H20N2O3. The van der Waals surface area contributed by atoms with Crippen LogP contribution in [0.1, 0.15) is 34.6 Å². The highest BCUT2D eigenvalue weighted by Gasteiger charge is 2.32. The average molecular weight is 408 g/mol. The summed E-state index contributed by atoms with van der Waals surface area (Å²) in [4.78, 5) is 28.9. The minimum Gasteiger partial charge on any atom is -0.457 e. The summed E-state index contributed by atoms with van der Waals surface area (Å²) in [5.41, 5.74) is 5.12. The number of ether oxygens (including phenoxy) is 1. The van der Waals surface area contributed by atoms with Crippen molar-refractivity contribution in [2.75, 3.05) is 5.32 Å². The lowest BCUT2D eigenvalue weighted by atomic mass is 9.87. The number of fused-ring (bicyclic) bond motifs is 5. The van der Waals surface area contributed by atoms with Crippen LogP contribution < -0.4 is 15.6 Å². The minimum atomic E-state index is -0.476. The molecule has 0 saturated heterocycles. The lowest BCUT2D eigenvalue weighted by Gasteiger charge is -2.27. The van der Waals surface area contributed by atoms with Gasteiger partial charge < -0.3 is 15.0 Å². The molecule has 4 aromatic rings. The van der Waals surface area contributed by atoms with Crippen LogP contribution in [0.25, 0.3) is 10.9 Å². The molecular weight excluding hydrogens is 388 g/mol. The van der Waals surface area contributed by atoms with Crippen LogP contribution in [-0.4, -0.2) is 10.9 Å². The number of rotatable bonds is 2. The lowest BCUT2D eigenvalue weighted by molar-refractivity contribution is -0.116. The summed E-state index contributed by atoms with van der Waals surface area (Å²) >= 11 is 0. The van der Waals surface area contributed by atoms with E-state index in [1.807, 2.05) is 66.7 Å². The van der Waals surface area contributed by atoms with Gasteiger partial charge >= 0.3 is 0 Å². The standard InChI is InChI=1S/C26H20N2O3/c29-25-18-9-5-8-16(18)17-13-12-15(14-21(17)28-25)27-26(30)24-19-6-1-3-10-22(19)31-23-11-4-2-7-20(23)24/h1-4,6-7,10-14,24H,5,8-9H2,(H,27,30)(H,28,29). The zero-order valence-corrected chi connectivity index (χ0v) is 16.8. The number of pyridine rings is 1. The van der Waals surface area contributed by atoms with Gasteiger partial charge in [-0.25, -0.2) is 0 Å². The summed E-state index contributed by atoms with van der Waals surface area (Å²) in [6.07, 6.45) is 2.78. The first-order valence-corrected chi connectivity index (χ1v) is 10.5. The van der Waals surface area contributed by atoms with Crippen molar-refractivity contribution in [3.05, 3.63) is 99.3 Å². The van der Waals surface area contributed by atoms with E-state index in [1.54, 1.807) is 0 Å². The van der Waals surface area contributed by atoms with Crippen molar-refractivity contribution in [3.8, 4) is 11.5 Å². The number of aromatic amines is 1. The molecule has 0 fully saturated rings. The van der Waals surface area contributed by atoms with Gasteiger partial charge in [0.05, 0.1) is 11.4 Å². The van der Waals surface area contributed by atoms with Crippen LogP contribution in [0.3, 0.4) is 0 Å². The van der Waals surface area contributed by atoms with E-state index in [9.17, 15) is 9.59 Å². The Morgan fingerprint density at radius 1 is 0.903 bits per heavy atom. The topological polar surface area (TPSA) is 71.2 Å². The maximum Gasteiger partial charge on any atom is 0.251 e. The Kier molecular flexibility index (Phi) is 3.96. The van der Waals surface area contributed by atoms with Crippen molar-refractivity contribution >= 4 is 22.5 Å². The Bertz CT molecular complexity index is 1370. The number of amides is 1. The lowest BCUT2D eigenvalue weighted by Crippen LogP contribution is -2.25. The van der Waals surface area contributed by atoms with E-state index in [0.29, 0.717) is 17.2 Å². The minimum absolute atomic E-state index is 0.0178. The number of aromatic nitrogens is 1. The van der Waals surface area contributed by atoms with Crippen LogP contribution in [0.4, 0.5) is 5.69 Å². The van der Waals surface area contributed by atoms with E-state index >= 15 is 0 Å². The van der Waals surface area contributed by atoms with Gasteiger partial charge in [-0.1, -0.05) is 42.5 Å². The van der Waals surface area contributed by atoms with Gasteiger partial charge in [0, 0.05) is 27.8 Å². The third kappa shape index (κ3) is 2.85. The van der Waals surface area contributed by atoms with Gasteiger partial charge in [-0.15, -0.1) is 0 Å². The molecule has 1 aliphatic heterocycles. The number of benzene rings is 3. The van der Waals surface area contributed by atoms with Crippen LogP contribution in [-0.2, 0) is 17.6 Å². The Hall–Kier alpha value is -3.86. The fraction of sp³-hybridized carbons (Fsp3) is 0.154. The predicted octanol–water partition coefficient (Wildman–Crippen LogP) is 4.89. The summed E-state index contributed by atoms with van der Waals surface area (Å²) in [5, 5.41) is 4.12. The second-order valence-corrected chi connectivity index (χ2v) is 8.13. The van der Waals surface area contributed by atoms with Crippen molar-refractivity contribution in [1.29, 1.82) is 0 Å². The molecule has 152 valence electrons. The van der Waals surface area contributed by atoms with Gasteiger partial charge in [0.25, 0.3) is 5.56 Å². The SMILES string of the molecule is O=C(Nc1ccc2c3c(c(=O)[nH]c2c1)CCC3)C1c2ccccc2Oc2ccccc21. The van der Waals surface area contributed by atoms with Gasteiger partial charge in [0.15, 0.2) is 0 Å². The van der Waals surface area contributed by atoms with Crippen molar-refractivity contribution in [1.82, 2.24) is 4.98 Å². The molecule has 0 atom stereocenters. The molecule has 0 radical (unpaired) electrons. The molecule has 1 aliphatic carbocycles. The van der Waals surface area contributed by atoms with Crippen LogP contribution in [0.15, 0.2) is 71.5 Å². The highest BCUT2D eigenvalue weighted by atomic mass is 16.5. The molecule has 0 saturated carbocycles. The van der Waals surface area contributed by atoms with Gasteiger partial charge in [-0.2, -0.15) is 0 Å². The zero-order chi connectivity index (χ0) is 20.9. The summed E-state index contributed by atoms with van der Waals surface area (Å²) in [6, 6.07) is 21.0. The van der Waals surface area contributed by atoms with Crippen molar-refractivity contribution in [2.45, 2.75) is 25.2 Å². The summed E-state index contributed by atoms with van der Waals surface area (Å²) in [6.45, 7) is 0. The fourth-order valence-corrected chi connectivity index (χ4v) is 4.88. The largest absolute Gasteiger partial charge is 0.457 e. The number of nitrogens with one attached hydrogen (secondary N) is 2. The number of hydrogen-bond donors (Lipinski definition) is 2. The van der Waals surface area contributed by atoms with E-state index in [1.165, 1.54) is 0 Å². The quantitative estimate of drug-likeness (QED) is 0.496. The molecule has 31 heavy (non-hydrogen) atoms. The molecule has 6 rings (SSSR count). The first kappa shape index (κ1) is 18.0. The molecule has 1 amide bonds. The molecule has 0 bridgehead atoms. The average Bonchev–Trinajstić information content (AvgIpc) is 3.28. The van der Waals surface area contributed by atoms with E-state index in [2.05, 4.69) is 10.3 Å². The molecule has 0 spiro atoms. The molecule has 1 aromatic heterocycles. The third-order valence-electron chi connectivity index (χ3n) is 6.29. The van der Waals surface area contributed by atoms with Gasteiger partial charge in [-0.05, 0) is 49.1 Å². The normalized spacial score (nSPS) is 14.5. The number of hydrogen-bond acceptors (Lipinski definition) is 3. The van der Waals surface area contributed by atoms with Crippen molar-refractivity contribution in [3.63, 3.8) is 0 Å². The van der Waals surface area contributed by atoms with Crippen LogP contribution in [0.5, 0.6) is 11.5 Å². The van der Waals surface area contributed by atoms with Crippen LogP contribution in [0, 0.1) is 0 Å². The Morgan fingerprint density at radius 3 is 2.32 bits per heavy atom. The number of anilines is 1. The molecule has 2 heterocycles. The monoisotopic (exact) mass is 408 g/mol. The smallest absolute Gasteiger partial charge is 0.251 e. The first-order chi connectivity index (χ1) is 15.2. The van der Waals surface area contributed by atoms with Crippen LogP contribution >= 0.6 is 0 Å². The Morgan fingerprint density at radius 2 is 1.58 bits per heavy atom. The summed E-state index contributed by atoms with van der Waals surface area (Å²) in [7, 11) is 0. The van der Waals surface area contributed by atoms with Gasteiger partial charge in [0.2, 0.25) is 5.91 Å². The van der Waals surface area contributed by atoms with E-state index in [0.717, 1.165) is 52.4 Å². The Balaban J connectivity index is 1.39.